The highest BCUT2D eigenvalue weighted by atomic mass is 32.2. The summed E-state index contributed by atoms with van der Waals surface area (Å²) in [5.74, 6) is 4.98. The molecule has 5 atom stereocenters. The van der Waals surface area contributed by atoms with Crippen LogP contribution in [0.3, 0.4) is 0 Å². The predicted molar refractivity (Wildman–Crippen MR) is 77.9 cm³/mol. The Morgan fingerprint density at radius 1 is 1.28 bits per heavy atom. The van der Waals surface area contributed by atoms with E-state index in [2.05, 4.69) is 19.2 Å². The predicted octanol–water partition coefficient (Wildman–Crippen LogP) is 3.14. The molecule has 0 aromatic heterocycles. The molecule has 0 amide bonds. The molecule has 0 radical (unpaired) electrons. The van der Waals surface area contributed by atoms with Crippen molar-refractivity contribution in [2.45, 2.75) is 50.8 Å². The number of nitrogens with zero attached hydrogens (tertiary/aromatic N) is 1. The highest BCUT2D eigenvalue weighted by molar-refractivity contribution is 8.14. The van der Waals surface area contributed by atoms with Gasteiger partial charge in [0.15, 0.2) is 5.17 Å². The number of amidine groups is 1. The Morgan fingerprint density at radius 3 is 2.67 bits per heavy atom. The zero-order valence-electron chi connectivity index (χ0n) is 11.4. The topological polar surface area (TPSA) is 24.4 Å². The number of aliphatic imine (C=N–C) groups is 1. The van der Waals surface area contributed by atoms with E-state index >= 15 is 0 Å². The molecule has 0 aromatic rings. The Bertz CT molecular complexity index is 363. The smallest absolute Gasteiger partial charge is 0.157 e. The van der Waals surface area contributed by atoms with E-state index < -0.39 is 0 Å². The van der Waals surface area contributed by atoms with Gasteiger partial charge in [-0.15, -0.1) is 0 Å². The van der Waals surface area contributed by atoms with Gasteiger partial charge < -0.3 is 5.32 Å². The Morgan fingerprint density at radius 2 is 2.00 bits per heavy atom. The van der Waals surface area contributed by atoms with Crippen LogP contribution in [0.1, 0.15) is 39.5 Å². The van der Waals surface area contributed by atoms with E-state index in [0.29, 0.717) is 0 Å². The summed E-state index contributed by atoms with van der Waals surface area (Å²) in [5, 5.41) is 5.77. The molecule has 3 aliphatic carbocycles. The third-order valence-corrected chi connectivity index (χ3v) is 6.62. The number of thioether (sulfide) groups is 1. The van der Waals surface area contributed by atoms with Gasteiger partial charge in [0.05, 0.1) is 6.54 Å². The first-order valence-corrected chi connectivity index (χ1v) is 8.58. The second kappa shape index (κ2) is 4.16. The van der Waals surface area contributed by atoms with Crippen LogP contribution in [0.4, 0.5) is 0 Å². The van der Waals surface area contributed by atoms with Crippen molar-refractivity contribution in [3.8, 4) is 0 Å². The van der Waals surface area contributed by atoms with E-state index in [0.717, 1.165) is 47.4 Å². The van der Waals surface area contributed by atoms with Crippen molar-refractivity contribution in [1.29, 1.82) is 0 Å². The van der Waals surface area contributed by atoms with Crippen LogP contribution < -0.4 is 5.32 Å². The van der Waals surface area contributed by atoms with Gasteiger partial charge in [0.1, 0.15) is 0 Å². The van der Waals surface area contributed by atoms with Gasteiger partial charge in [-0.05, 0) is 55.3 Å². The average Bonchev–Trinajstić information content (AvgIpc) is 2.74. The first-order valence-electron chi connectivity index (χ1n) is 7.70. The molecule has 1 heterocycles. The largest absolute Gasteiger partial charge is 0.362 e. The van der Waals surface area contributed by atoms with E-state index in [-0.39, 0.29) is 0 Å². The summed E-state index contributed by atoms with van der Waals surface area (Å²) in [6, 6.07) is 0.806. The van der Waals surface area contributed by atoms with Gasteiger partial charge in [-0.25, -0.2) is 0 Å². The Balaban J connectivity index is 1.30. The Hall–Kier alpha value is -0.180. The molecule has 0 aromatic carbocycles. The molecule has 100 valence electrons. The summed E-state index contributed by atoms with van der Waals surface area (Å²) in [6.45, 7) is 5.67. The van der Waals surface area contributed by atoms with Crippen molar-refractivity contribution in [3.05, 3.63) is 0 Å². The molecule has 0 spiro atoms. The number of nitrogens with one attached hydrogen (secondary N) is 1. The SMILES string of the molecule is CC(C)CC1CN=C(NC2C3C4CCC(C4)C23)S1. The van der Waals surface area contributed by atoms with Crippen molar-refractivity contribution in [1.82, 2.24) is 5.32 Å². The second-order valence-corrected chi connectivity index (χ2v) is 8.46. The number of rotatable bonds is 3. The summed E-state index contributed by atoms with van der Waals surface area (Å²) in [4.78, 5) is 4.72. The first-order chi connectivity index (χ1) is 8.72. The van der Waals surface area contributed by atoms with Crippen molar-refractivity contribution in [3.63, 3.8) is 0 Å². The molecule has 4 rings (SSSR count). The molecule has 18 heavy (non-hydrogen) atoms. The van der Waals surface area contributed by atoms with Crippen molar-refractivity contribution in [2.24, 2.45) is 34.6 Å². The monoisotopic (exact) mass is 264 g/mol. The summed E-state index contributed by atoms with van der Waals surface area (Å²) in [5.41, 5.74) is 0. The maximum Gasteiger partial charge on any atom is 0.157 e. The van der Waals surface area contributed by atoms with E-state index in [1.165, 1.54) is 24.4 Å². The van der Waals surface area contributed by atoms with Crippen molar-refractivity contribution in [2.75, 3.05) is 6.54 Å². The molecular formula is C15H24N2S. The fourth-order valence-electron chi connectivity index (χ4n) is 4.81. The second-order valence-electron chi connectivity index (χ2n) is 7.17. The highest BCUT2D eigenvalue weighted by Crippen LogP contribution is 2.65. The molecular weight excluding hydrogens is 240 g/mol. The molecule has 1 aliphatic heterocycles. The van der Waals surface area contributed by atoms with E-state index in [1.54, 1.807) is 6.42 Å². The first kappa shape index (κ1) is 11.6. The zero-order valence-corrected chi connectivity index (χ0v) is 12.2. The van der Waals surface area contributed by atoms with E-state index in [9.17, 15) is 0 Å². The normalized spacial score (nSPS) is 48.5. The lowest BCUT2D eigenvalue weighted by Crippen LogP contribution is -2.27. The molecule has 4 aliphatic rings. The van der Waals surface area contributed by atoms with Crippen LogP contribution in [0.15, 0.2) is 4.99 Å². The number of fused-ring (bicyclic) bond motifs is 5. The molecule has 2 bridgehead atoms. The van der Waals surface area contributed by atoms with Crippen LogP contribution in [0.5, 0.6) is 0 Å². The van der Waals surface area contributed by atoms with Gasteiger partial charge in [-0.2, -0.15) is 0 Å². The summed E-state index contributed by atoms with van der Waals surface area (Å²) in [6.07, 6.45) is 5.88. The van der Waals surface area contributed by atoms with Crippen LogP contribution in [-0.4, -0.2) is 23.0 Å². The summed E-state index contributed by atoms with van der Waals surface area (Å²) < 4.78 is 0. The van der Waals surface area contributed by atoms with E-state index in [1.807, 2.05) is 11.8 Å². The zero-order chi connectivity index (χ0) is 12.3. The van der Waals surface area contributed by atoms with Gasteiger partial charge in [0.25, 0.3) is 0 Å². The fraction of sp³-hybridized carbons (Fsp3) is 0.933. The van der Waals surface area contributed by atoms with E-state index in [4.69, 9.17) is 4.99 Å². The lowest BCUT2D eigenvalue weighted by atomic mass is 10.0. The van der Waals surface area contributed by atoms with Crippen LogP contribution in [0, 0.1) is 29.6 Å². The summed E-state index contributed by atoms with van der Waals surface area (Å²) in [7, 11) is 0. The summed E-state index contributed by atoms with van der Waals surface area (Å²) >= 11 is 2.01. The van der Waals surface area contributed by atoms with Gasteiger partial charge in [-0.3, -0.25) is 4.99 Å². The van der Waals surface area contributed by atoms with Crippen molar-refractivity contribution >= 4 is 16.9 Å². The van der Waals surface area contributed by atoms with Gasteiger partial charge in [0.2, 0.25) is 0 Å². The molecule has 3 fully saturated rings. The molecule has 5 unspecified atom stereocenters. The maximum absolute atomic E-state index is 4.72. The fourth-order valence-corrected chi connectivity index (χ4v) is 6.11. The van der Waals surface area contributed by atoms with Crippen LogP contribution in [0.25, 0.3) is 0 Å². The van der Waals surface area contributed by atoms with Gasteiger partial charge >= 0.3 is 0 Å². The average molecular weight is 264 g/mol. The molecule has 3 saturated carbocycles. The lowest BCUT2D eigenvalue weighted by molar-refractivity contribution is 0.456. The minimum atomic E-state index is 0.739. The van der Waals surface area contributed by atoms with Gasteiger partial charge in [-0.1, -0.05) is 25.6 Å². The number of hydrogen-bond donors (Lipinski definition) is 1. The molecule has 1 N–H and O–H groups in total. The van der Waals surface area contributed by atoms with Gasteiger partial charge in [0, 0.05) is 11.3 Å². The van der Waals surface area contributed by atoms with Crippen LogP contribution in [-0.2, 0) is 0 Å². The van der Waals surface area contributed by atoms with Crippen LogP contribution >= 0.6 is 11.8 Å². The minimum Gasteiger partial charge on any atom is -0.362 e. The Kier molecular flexibility index (Phi) is 2.69. The third-order valence-electron chi connectivity index (χ3n) is 5.48. The Labute approximate surface area is 114 Å². The maximum atomic E-state index is 4.72. The highest BCUT2D eigenvalue weighted by Gasteiger charge is 2.65. The molecule has 0 saturated heterocycles. The third kappa shape index (κ3) is 1.81. The number of hydrogen-bond acceptors (Lipinski definition) is 3. The van der Waals surface area contributed by atoms with Crippen LogP contribution in [0.2, 0.25) is 0 Å². The molecule has 2 nitrogen and oxygen atoms in total. The molecule has 3 heteroatoms. The quantitative estimate of drug-likeness (QED) is 0.847. The minimum absolute atomic E-state index is 0.739. The van der Waals surface area contributed by atoms with Crippen molar-refractivity contribution < 1.29 is 0 Å². The standard InChI is InChI=1S/C15H24N2S/c1-8(2)5-11-7-16-15(18-11)17-14-12-9-3-4-10(6-9)13(12)14/h8-14H,3-7H2,1-2H3,(H,16,17). The lowest BCUT2D eigenvalue weighted by Gasteiger charge is -2.13.